The Hall–Kier alpha value is -3.88. The van der Waals surface area contributed by atoms with Gasteiger partial charge in [-0.25, -0.2) is 4.39 Å². The fraction of sp³-hybridized carbons (Fsp3) is 0.292. The van der Waals surface area contributed by atoms with E-state index in [9.17, 15) is 14.0 Å². The molecule has 0 atom stereocenters. The molecular formula is C24H25FN4O4. The van der Waals surface area contributed by atoms with Gasteiger partial charge in [-0.05, 0) is 36.2 Å². The summed E-state index contributed by atoms with van der Waals surface area (Å²) in [5, 5.41) is 7.17. The Bertz CT molecular complexity index is 1180. The second-order valence-corrected chi connectivity index (χ2v) is 7.71. The highest BCUT2D eigenvalue weighted by Gasteiger charge is 2.26. The van der Waals surface area contributed by atoms with Crippen LogP contribution in [0.15, 0.2) is 48.5 Å². The molecule has 4 rings (SSSR count). The van der Waals surface area contributed by atoms with Crippen LogP contribution in [0.3, 0.4) is 0 Å². The van der Waals surface area contributed by atoms with Crippen molar-refractivity contribution in [2.24, 2.45) is 0 Å². The average molecular weight is 452 g/mol. The molecule has 9 heteroatoms. The smallest absolute Gasteiger partial charge is 0.272 e. The molecule has 172 valence electrons. The lowest BCUT2D eigenvalue weighted by molar-refractivity contribution is 0.0745. The number of aryl methyl sites for hydroxylation is 1. The Balaban J connectivity index is 1.46. The molecule has 1 aliphatic rings. The molecular weight excluding hydrogens is 427 g/mol. The van der Waals surface area contributed by atoms with Crippen LogP contribution in [0, 0.1) is 5.82 Å². The minimum Gasteiger partial charge on any atom is -0.497 e. The molecule has 0 saturated carbocycles. The van der Waals surface area contributed by atoms with Crippen LogP contribution in [0.2, 0.25) is 0 Å². The molecule has 33 heavy (non-hydrogen) atoms. The van der Waals surface area contributed by atoms with E-state index >= 15 is 0 Å². The molecule has 1 N–H and O–H groups in total. The second kappa shape index (κ2) is 9.72. The lowest BCUT2D eigenvalue weighted by atomic mass is 10.2. The Labute approximate surface area is 190 Å². The van der Waals surface area contributed by atoms with Crippen molar-refractivity contribution in [2.45, 2.75) is 26.1 Å². The van der Waals surface area contributed by atoms with E-state index in [1.807, 2.05) is 6.07 Å². The highest BCUT2D eigenvalue weighted by molar-refractivity contribution is 5.98. The molecule has 0 bridgehead atoms. The molecule has 0 aliphatic carbocycles. The van der Waals surface area contributed by atoms with E-state index in [4.69, 9.17) is 9.47 Å². The first-order chi connectivity index (χ1) is 16.0. The normalized spacial score (nSPS) is 13.3. The van der Waals surface area contributed by atoms with E-state index < -0.39 is 5.91 Å². The zero-order chi connectivity index (χ0) is 23.4. The van der Waals surface area contributed by atoms with E-state index in [-0.39, 0.29) is 24.0 Å². The maximum atomic E-state index is 13.5. The summed E-state index contributed by atoms with van der Waals surface area (Å²) in [6.07, 6.45) is 0.680. The number of fused-ring (bicyclic) bond motifs is 1. The summed E-state index contributed by atoms with van der Waals surface area (Å²) in [5.74, 6) is 0.282. The first kappa shape index (κ1) is 22.3. The van der Waals surface area contributed by atoms with Crippen molar-refractivity contribution in [1.82, 2.24) is 20.0 Å². The zero-order valence-corrected chi connectivity index (χ0v) is 18.5. The van der Waals surface area contributed by atoms with E-state index in [2.05, 4.69) is 10.4 Å². The number of benzene rings is 2. The van der Waals surface area contributed by atoms with Crippen LogP contribution in [-0.4, -0.2) is 47.3 Å². The molecule has 0 spiro atoms. The van der Waals surface area contributed by atoms with Crippen LogP contribution in [0.5, 0.6) is 11.5 Å². The quantitative estimate of drug-likeness (QED) is 0.596. The van der Waals surface area contributed by atoms with Gasteiger partial charge >= 0.3 is 0 Å². The van der Waals surface area contributed by atoms with Gasteiger partial charge in [0, 0.05) is 43.9 Å². The van der Waals surface area contributed by atoms with Crippen molar-refractivity contribution in [1.29, 1.82) is 0 Å². The standard InChI is InChI=1S/C24H25FN4O4/c1-32-19-8-7-17(22(12-19)33-2)14-26-23(30)20-13-21-24(31)28(9-4-10-29(21)27-20)15-16-5-3-6-18(25)11-16/h3,5-8,11-13H,4,9-10,14-15H2,1-2H3,(H,26,30). The molecule has 3 aromatic rings. The third kappa shape index (κ3) is 4.97. The number of carbonyl (C=O) groups is 2. The maximum absolute atomic E-state index is 13.5. The molecule has 8 nitrogen and oxygen atoms in total. The summed E-state index contributed by atoms with van der Waals surface area (Å²) in [6.45, 7) is 1.56. The number of nitrogens with one attached hydrogen (secondary N) is 1. The molecule has 0 unspecified atom stereocenters. The third-order valence-electron chi connectivity index (χ3n) is 5.51. The van der Waals surface area contributed by atoms with Gasteiger partial charge in [-0.1, -0.05) is 12.1 Å². The van der Waals surface area contributed by atoms with Gasteiger partial charge < -0.3 is 19.7 Å². The van der Waals surface area contributed by atoms with Gasteiger partial charge in [-0.3, -0.25) is 14.3 Å². The Morgan fingerprint density at radius 3 is 2.73 bits per heavy atom. The van der Waals surface area contributed by atoms with Crippen LogP contribution in [-0.2, 0) is 19.6 Å². The van der Waals surface area contributed by atoms with Gasteiger partial charge in [0.1, 0.15) is 23.0 Å². The summed E-state index contributed by atoms with van der Waals surface area (Å²) < 4.78 is 25.7. The number of nitrogens with zero attached hydrogens (tertiary/aromatic N) is 3. The summed E-state index contributed by atoms with van der Waals surface area (Å²) in [6, 6.07) is 13.0. The molecule has 0 fully saturated rings. The molecule has 0 saturated heterocycles. The predicted octanol–water partition coefficient (Wildman–Crippen LogP) is 3.02. The summed E-state index contributed by atoms with van der Waals surface area (Å²) in [5.41, 5.74) is 2.00. The van der Waals surface area contributed by atoms with Gasteiger partial charge in [0.25, 0.3) is 11.8 Å². The number of rotatable bonds is 7. The molecule has 1 aromatic heterocycles. The highest BCUT2D eigenvalue weighted by Crippen LogP contribution is 2.24. The minimum absolute atomic E-state index is 0.165. The monoisotopic (exact) mass is 452 g/mol. The summed E-state index contributed by atoms with van der Waals surface area (Å²) in [4.78, 5) is 27.5. The van der Waals surface area contributed by atoms with Crippen LogP contribution < -0.4 is 14.8 Å². The van der Waals surface area contributed by atoms with Crippen molar-refractivity contribution >= 4 is 11.8 Å². The summed E-state index contributed by atoms with van der Waals surface area (Å²) in [7, 11) is 3.12. The molecule has 1 aliphatic heterocycles. The fourth-order valence-electron chi connectivity index (χ4n) is 3.82. The minimum atomic E-state index is -0.391. The summed E-state index contributed by atoms with van der Waals surface area (Å²) >= 11 is 0. The number of carbonyl (C=O) groups excluding carboxylic acids is 2. The van der Waals surface area contributed by atoms with Crippen molar-refractivity contribution in [3.05, 3.63) is 76.9 Å². The van der Waals surface area contributed by atoms with Crippen LogP contribution in [0.25, 0.3) is 0 Å². The van der Waals surface area contributed by atoms with Crippen LogP contribution in [0.1, 0.15) is 38.5 Å². The van der Waals surface area contributed by atoms with Crippen molar-refractivity contribution in [3.8, 4) is 11.5 Å². The topological polar surface area (TPSA) is 85.7 Å². The van der Waals surface area contributed by atoms with E-state index in [0.29, 0.717) is 48.8 Å². The zero-order valence-electron chi connectivity index (χ0n) is 18.5. The molecule has 2 amide bonds. The second-order valence-electron chi connectivity index (χ2n) is 7.71. The fourth-order valence-corrected chi connectivity index (χ4v) is 3.82. The largest absolute Gasteiger partial charge is 0.497 e. The first-order valence-corrected chi connectivity index (χ1v) is 10.6. The van der Waals surface area contributed by atoms with Gasteiger partial charge in [-0.15, -0.1) is 0 Å². The maximum Gasteiger partial charge on any atom is 0.272 e. The van der Waals surface area contributed by atoms with E-state index in [0.717, 1.165) is 5.56 Å². The van der Waals surface area contributed by atoms with Crippen LogP contribution >= 0.6 is 0 Å². The third-order valence-corrected chi connectivity index (χ3v) is 5.51. The number of ether oxygens (including phenoxy) is 2. The van der Waals surface area contributed by atoms with Crippen molar-refractivity contribution < 1.29 is 23.5 Å². The number of amides is 2. The van der Waals surface area contributed by atoms with Gasteiger partial charge in [-0.2, -0.15) is 5.10 Å². The lowest BCUT2D eigenvalue weighted by Gasteiger charge is -2.20. The van der Waals surface area contributed by atoms with E-state index in [1.165, 1.54) is 18.2 Å². The Morgan fingerprint density at radius 1 is 1.12 bits per heavy atom. The predicted molar refractivity (Wildman–Crippen MR) is 119 cm³/mol. The van der Waals surface area contributed by atoms with Gasteiger partial charge in [0.15, 0.2) is 5.69 Å². The van der Waals surface area contributed by atoms with E-state index in [1.54, 1.807) is 48.1 Å². The van der Waals surface area contributed by atoms with Gasteiger partial charge in [0.2, 0.25) is 0 Å². The van der Waals surface area contributed by atoms with Crippen LogP contribution in [0.4, 0.5) is 4.39 Å². The number of methoxy groups -OCH3 is 2. The van der Waals surface area contributed by atoms with Gasteiger partial charge in [0.05, 0.1) is 14.2 Å². The lowest BCUT2D eigenvalue weighted by Crippen LogP contribution is -2.30. The number of halogens is 1. The molecule has 2 aromatic carbocycles. The Kier molecular flexibility index (Phi) is 6.58. The van der Waals surface area contributed by atoms with Crippen molar-refractivity contribution in [2.75, 3.05) is 20.8 Å². The molecule has 2 heterocycles. The number of aromatic nitrogens is 2. The average Bonchev–Trinajstić information content (AvgIpc) is 3.20. The Morgan fingerprint density at radius 2 is 1.97 bits per heavy atom. The highest BCUT2D eigenvalue weighted by atomic mass is 19.1. The number of hydrogen-bond donors (Lipinski definition) is 1. The first-order valence-electron chi connectivity index (χ1n) is 10.6. The SMILES string of the molecule is COc1ccc(CNC(=O)c2cc3n(n2)CCCN(Cc2cccc(F)c2)C3=O)c(OC)c1. The molecule has 0 radical (unpaired) electrons. The van der Waals surface area contributed by atoms with Crippen molar-refractivity contribution in [3.63, 3.8) is 0 Å². The number of hydrogen-bond acceptors (Lipinski definition) is 5.